The highest BCUT2D eigenvalue weighted by Gasteiger charge is 2.39. The lowest BCUT2D eigenvalue weighted by Crippen LogP contribution is -2.40. The Bertz CT molecular complexity index is 778. The van der Waals surface area contributed by atoms with E-state index in [2.05, 4.69) is 4.90 Å². The molecule has 0 radical (unpaired) electrons. The number of methoxy groups -OCH3 is 2. The van der Waals surface area contributed by atoms with Crippen molar-refractivity contribution >= 4 is 11.8 Å². The number of benzene rings is 1. The molecule has 0 spiro atoms. The van der Waals surface area contributed by atoms with Crippen molar-refractivity contribution in [2.24, 2.45) is 5.92 Å². The Morgan fingerprint density at radius 3 is 2.57 bits per heavy atom. The number of rotatable bonds is 7. The summed E-state index contributed by atoms with van der Waals surface area (Å²) in [4.78, 5) is 31.9. The van der Waals surface area contributed by atoms with E-state index in [0.29, 0.717) is 37.1 Å². The van der Waals surface area contributed by atoms with Crippen molar-refractivity contribution in [1.82, 2.24) is 14.7 Å². The molecule has 0 saturated carbocycles. The van der Waals surface area contributed by atoms with Crippen molar-refractivity contribution in [3.63, 3.8) is 0 Å². The molecule has 7 nitrogen and oxygen atoms in total. The second kappa shape index (κ2) is 9.25. The third-order valence-electron chi connectivity index (χ3n) is 6.81. The maximum absolute atomic E-state index is 13.0. The van der Waals surface area contributed by atoms with Gasteiger partial charge in [-0.3, -0.25) is 14.5 Å². The van der Waals surface area contributed by atoms with Crippen LogP contribution in [0.5, 0.6) is 11.5 Å². The normalized spacial score (nSPS) is 24.7. The molecule has 0 aliphatic carbocycles. The summed E-state index contributed by atoms with van der Waals surface area (Å²) in [6.45, 7) is 5.15. The topological polar surface area (TPSA) is 62.3 Å². The quantitative estimate of drug-likeness (QED) is 0.680. The van der Waals surface area contributed by atoms with Gasteiger partial charge >= 0.3 is 0 Å². The van der Waals surface area contributed by atoms with E-state index in [1.165, 1.54) is 25.9 Å². The predicted molar refractivity (Wildman–Crippen MR) is 114 cm³/mol. The minimum Gasteiger partial charge on any atom is -0.493 e. The van der Waals surface area contributed by atoms with E-state index in [1.54, 1.807) is 14.2 Å². The van der Waals surface area contributed by atoms with Gasteiger partial charge in [-0.05, 0) is 56.5 Å². The largest absolute Gasteiger partial charge is 0.493 e. The number of nitrogens with zero attached hydrogens (tertiary/aromatic N) is 3. The molecule has 1 aromatic rings. The highest BCUT2D eigenvalue weighted by Crippen LogP contribution is 2.29. The van der Waals surface area contributed by atoms with Crippen molar-refractivity contribution in [3.8, 4) is 11.5 Å². The van der Waals surface area contributed by atoms with Crippen LogP contribution in [0.25, 0.3) is 0 Å². The Morgan fingerprint density at radius 1 is 1.07 bits per heavy atom. The number of carbonyl (C=O) groups is 2. The summed E-state index contributed by atoms with van der Waals surface area (Å²) in [6, 6.07) is 6.34. The van der Waals surface area contributed by atoms with Gasteiger partial charge in [0, 0.05) is 38.6 Å². The first-order valence-electron chi connectivity index (χ1n) is 11.1. The average Bonchev–Trinajstić information content (AvgIpc) is 3.52. The van der Waals surface area contributed by atoms with Gasteiger partial charge in [0.1, 0.15) is 0 Å². The van der Waals surface area contributed by atoms with Gasteiger partial charge in [0.15, 0.2) is 11.5 Å². The highest BCUT2D eigenvalue weighted by atomic mass is 16.5. The Labute approximate surface area is 178 Å². The lowest BCUT2D eigenvalue weighted by molar-refractivity contribution is -0.135. The molecule has 2 unspecified atom stereocenters. The molecule has 4 rings (SSSR count). The van der Waals surface area contributed by atoms with E-state index in [1.807, 2.05) is 28.0 Å². The molecule has 164 valence electrons. The Hall–Kier alpha value is -2.28. The minimum absolute atomic E-state index is 0.0871. The SMILES string of the molecule is COc1ccc(CCN2CC(C(=O)N3CCC(N4CCCC4)C3)CC2=O)cc1OC. The summed E-state index contributed by atoms with van der Waals surface area (Å²) in [7, 11) is 3.24. The summed E-state index contributed by atoms with van der Waals surface area (Å²) in [5.74, 6) is 1.45. The van der Waals surface area contributed by atoms with E-state index in [9.17, 15) is 9.59 Å². The van der Waals surface area contributed by atoms with Gasteiger partial charge in [0.25, 0.3) is 0 Å². The van der Waals surface area contributed by atoms with Crippen molar-refractivity contribution in [2.45, 2.75) is 38.1 Å². The lowest BCUT2D eigenvalue weighted by Gasteiger charge is -2.25. The van der Waals surface area contributed by atoms with Gasteiger partial charge < -0.3 is 19.3 Å². The van der Waals surface area contributed by atoms with E-state index in [4.69, 9.17) is 9.47 Å². The van der Waals surface area contributed by atoms with Gasteiger partial charge in [0.2, 0.25) is 11.8 Å². The number of likely N-dealkylation sites (tertiary alicyclic amines) is 3. The summed E-state index contributed by atoms with van der Waals surface area (Å²) < 4.78 is 10.6. The average molecular weight is 416 g/mol. The monoisotopic (exact) mass is 415 g/mol. The van der Waals surface area contributed by atoms with Crippen LogP contribution in [0.3, 0.4) is 0 Å². The molecule has 3 fully saturated rings. The van der Waals surface area contributed by atoms with Crippen LogP contribution in [0.2, 0.25) is 0 Å². The molecule has 30 heavy (non-hydrogen) atoms. The van der Waals surface area contributed by atoms with Crippen molar-refractivity contribution in [3.05, 3.63) is 23.8 Å². The summed E-state index contributed by atoms with van der Waals surface area (Å²) in [5.41, 5.74) is 1.09. The van der Waals surface area contributed by atoms with Crippen molar-refractivity contribution in [2.75, 3.05) is 53.5 Å². The van der Waals surface area contributed by atoms with Gasteiger partial charge in [-0.1, -0.05) is 6.07 Å². The number of hydrogen-bond acceptors (Lipinski definition) is 5. The third kappa shape index (κ3) is 4.41. The Morgan fingerprint density at radius 2 is 1.83 bits per heavy atom. The smallest absolute Gasteiger partial charge is 0.228 e. The molecule has 0 N–H and O–H groups in total. The van der Waals surface area contributed by atoms with Crippen LogP contribution in [-0.4, -0.2) is 86.0 Å². The zero-order valence-electron chi connectivity index (χ0n) is 18.1. The van der Waals surface area contributed by atoms with E-state index in [-0.39, 0.29) is 17.7 Å². The summed E-state index contributed by atoms with van der Waals surface area (Å²) in [5, 5.41) is 0. The second-order valence-corrected chi connectivity index (χ2v) is 8.65. The van der Waals surface area contributed by atoms with Crippen LogP contribution >= 0.6 is 0 Å². The lowest BCUT2D eigenvalue weighted by atomic mass is 10.1. The zero-order valence-corrected chi connectivity index (χ0v) is 18.1. The molecule has 2 amide bonds. The van der Waals surface area contributed by atoms with E-state index < -0.39 is 0 Å². The first-order chi connectivity index (χ1) is 14.6. The number of amides is 2. The molecule has 3 aliphatic heterocycles. The van der Waals surface area contributed by atoms with Crippen molar-refractivity contribution in [1.29, 1.82) is 0 Å². The zero-order chi connectivity index (χ0) is 21.1. The fraction of sp³-hybridized carbons (Fsp3) is 0.652. The Balaban J connectivity index is 1.29. The highest BCUT2D eigenvalue weighted by molar-refractivity contribution is 5.89. The van der Waals surface area contributed by atoms with Gasteiger partial charge in [-0.15, -0.1) is 0 Å². The standard InChI is InChI=1S/C23H33N3O4/c1-29-20-6-5-17(13-21(20)30-2)7-11-25-15-18(14-22(25)27)23(28)26-12-8-19(16-26)24-9-3-4-10-24/h5-6,13,18-19H,3-4,7-12,14-16H2,1-2H3. The van der Waals surface area contributed by atoms with Crippen LogP contribution in [-0.2, 0) is 16.0 Å². The molecule has 0 bridgehead atoms. The predicted octanol–water partition coefficient (Wildman–Crippen LogP) is 1.79. The molecular weight excluding hydrogens is 382 g/mol. The molecule has 3 heterocycles. The first-order valence-corrected chi connectivity index (χ1v) is 11.1. The number of carbonyl (C=O) groups excluding carboxylic acids is 2. The fourth-order valence-corrected chi connectivity index (χ4v) is 5.06. The van der Waals surface area contributed by atoms with Gasteiger partial charge in [-0.2, -0.15) is 0 Å². The van der Waals surface area contributed by atoms with Crippen LogP contribution in [0.15, 0.2) is 18.2 Å². The van der Waals surface area contributed by atoms with Crippen molar-refractivity contribution < 1.29 is 19.1 Å². The third-order valence-corrected chi connectivity index (χ3v) is 6.81. The minimum atomic E-state index is -0.194. The van der Waals surface area contributed by atoms with Crippen LogP contribution < -0.4 is 9.47 Å². The Kier molecular flexibility index (Phi) is 6.46. The van der Waals surface area contributed by atoms with Gasteiger partial charge in [0.05, 0.1) is 20.1 Å². The second-order valence-electron chi connectivity index (χ2n) is 8.65. The molecule has 3 aliphatic rings. The van der Waals surface area contributed by atoms with Crippen LogP contribution in [0, 0.1) is 5.92 Å². The van der Waals surface area contributed by atoms with Crippen LogP contribution in [0.1, 0.15) is 31.2 Å². The summed E-state index contributed by atoms with van der Waals surface area (Å²) in [6.07, 6.45) is 4.69. The molecule has 0 aromatic heterocycles. The molecule has 3 saturated heterocycles. The first kappa shape index (κ1) is 21.0. The summed E-state index contributed by atoms with van der Waals surface area (Å²) >= 11 is 0. The van der Waals surface area contributed by atoms with Crippen LogP contribution in [0.4, 0.5) is 0 Å². The maximum Gasteiger partial charge on any atom is 0.228 e. The van der Waals surface area contributed by atoms with Gasteiger partial charge in [-0.25, -0.2) is 0 Å². The number of ether oxygens (including phenoxy) is 2. The molecule has 1 aromatic carbocycles. The fourth-order valence-electron chi connectivity index (χ4n) is 5.06. The van der Waals surface area contributed by atoms with E-state index >= 15 is 0 Å². The molecule has 2 atom stereocenters. The van der Waals surface area contributed by atoms with E-state index in [0.717, 1.165) is 31.5 Å². The molecular formula is C23H33N3O4. The number of hydrogen-bond donors (Lipinski definition) is 0. The molecule has 7 heteroatoms. The maximum atomic E-state index is 13.0.